The average molecular weight is 453 g/mol. The topological polar surface area (TPSA) is 84.9 Å². The van der Waals surface area contributed by atoms with Crippen LogP contribution in [0.15, 0.2) is 53.4 Å². The normalized spacial score (nSPS) is 11.0. The lowest BCUT2D eigenvalue weighted by molar-refractivity contribution is -0.121. The number of carbonyl (C=O) groups is 1. The predicted octanol–water partition coefficient (Wildman–Crippen LogP) is 3.16. The van der Waals surface area contributed by atoms with Crippen LogP contribution in [-0.4, -0.2) is 53.6 Å². The molecule has 0 saturated heterocycles. The van der Waals surface area contributed by atoms with Crippen LogP contribution in [0.2, 0.25) is 0 Å². The average Bonchev–Trinajstić information content (AvgIpc) is 2.73. The van der Waals surface area contributed by atoms with Gasteiger partial charge in [0.05, 0.1) is 25.6 Å². The number of hydrogen-bond acceptors (Lipinski definition) is 6. The zero-order chi connectivity index (χ0) is 22.0. The number of nitrogens with one attached hydrogen (secondary N) is 1. The standard InChI is InChI=1S/C21H28N2O5S2/c1-27-18-8-5-9-19(16-18)28-14-12-22-21(24)11-6-13-23(30(3,25)26)17-7-4-10-20(15-17)29-2/h4-5,7-10,15-16H,6,11-14H2,1-3H3,(H,22,24). The molecule has 2 aromatic rings. The highest BCUT2D eigenvalue weighted by molar-refractivity contribution is 7.98. The second-order valence-corrected chi connectivity index (χ2v) is 9.30. The molecule has 0 saturated carbocycles. The summed E-state index contributed by atoms with van der Waals surface area (Å²) in [5.74, 6) is 1.23. The van der Waals surface area contributed by atoms with Crippen LogP contribution in [0.25, 0.3) is 0 Å². The number of rotatable bonds is 12. The van der Waals surface area contributed by atoms with E-state index in [1.54, 1.807) is 31.0 Å². The Kier molecular flexibility index (Phi) is 9.32. The second kappa shape index (κ2) is 11.7. The van der Waals surface area contributed by atoms with Crippen molar-refractivity contribution in [1.29, 1.82) is 0 Å². The lowest BCUT2D eigenvalue weighted by Gasteiger charge is -2.22. The third-order valence-corrected chi connectivity index (χ3v) is 6.16. The van der Waals surface area contributed by atoms with Crippen molar-refractivity contribution in [3.8, 4) is 11.5 Å². The summed E-state index contributed by atoms with van der Waals surface area (Å²) in [5, 5.41) is 2.79. The van der Waals surface area contributed by atoms with Crippen molar-refractivity contribution >= 4 is 33.4 Å². The molecule has 164 valence electrons. The van der Waals surface area contributed by atoms with Crippen LogP contribution in [0.5, 0.6) is 11.5 Å². The lowest BCUT2D eigenvalue weighted by Crippen LogP contribution is -2.32. The van der Waals surface area contributed by atoms with Crippen molar-refractivity contribution in [3.63, 3.8) is 0 Å². The maximum atomic E-state index is 12.2. The van der Waals surface area contributed by atoms with Crippen LogP contribution in [-0.2, 0) is 14.8 Å². The first kappa shape index (κ1) is 23.9. The first-order chi connectivity index (χ1) is 14.3. The SMILES string of the molecule is COc1cccc(OCCNC(=O)CCCN(c2cccc(SC)c2)S(C)(=O)=O)c1. The number of thioether (sulfide) groups is 1. The Morgan fingerprint density at radius 1 is 1.13 bits per heavy atom. The molecule has 0 bridgehead atoms. The molecule has 2 rings (SSSR count). The molecule has 1 amide bonds. The zero-order valence-electron chi connectivity index (χ0n) is 17.5. The smallest absolute Gasteiger partial charge is 0.232 e. The summed E-state index contributed by atoms with van der Waals surface area (Å²) < 4.78 is 36.4. The van der Waals surface area contributed by atoms with E-state index < -0.39 is 10.0 Å². The van der Waals surface area contributed by atoms with Crippen LogP contribution < -0.4 is 19.1 Å². The van der Waals surface area contributed by atoms with Crippen molar-refractivity contribution in [2.45, 2.75) is 17.7 Å². The number of ether oxygens (including phenoxy) is 2. The van der Waals surface area contributed by atoms with Crippen LogP contribution >= 0.6 is 11.8 Å². The summed E-state index contributed by atoms with van der Waals surface area (Å²) in [6.07, 6.45) is 3.76. The molecule has 7 nitrogen and oxygen atoms in total. The van der Waals surface area contributed by atoms with Gasteiger partial charge in [-0.3, -0.25) is 9.10 Å². The summed E-state index contributed by atoms with van der Waals surface area (Å²) in [6, 6.07) is 14.6. The van der Waals surface area contributed by atoms with Crippen molar-refractivity contribution in [3.05, 3.63) is 48.5 Å². The highest BCUT2D eigenvalue weighted by Crippen LogP contribution is 2.24. The minimum atomic E-state index is -3.44. The van der Waals surface area contributed by atoms with E-state index in [0.29, 0.717) is 36.8 Å². The molecular weight excluding hydrogens is 424 g/mol. The Hall–Kier alpha value is -2.39. The van der Waals surface area contributed by atoms with Gasteiger partial charge < -0.3 is 14.8 Å². The van der Waals surface area contributed by atoms with Gasteiger partial charge in [-0.15, -0.1) is 11.8 Å². The van der Waals surface area contributed by atoms with E-state index in [1.807, 2.05) is 42.7 Å². The van der Waals surface area contributed by atoms with Gasteiger partial charge in [0.25, 0.3) is 0 Å². The fraction of sp³-hybridized carbons (Fsp3) is 0.381. The minimum absolute atomic E-state index is 0.143. The van der Waals surface area contributed by atoms with Crippen molar-refractivity contribution < 1.29 is 22.7 Å². The fourth-order valence-electron chi connectivity index (χ4n) is 2.77. The molecule has 0 unspecified atom stereocenters. The number of anilines is 1. The molecule has 0 aliphatic rings. The van der Waals surface area contributed by atoms with E-state index in [1.165, 1.54) is 10.6 Å². The number of carbonyl (C=O) groups excluding carboxylic acids is 1. The molecule has 2 aromatic carbocycles. The molecule has 0 heterocycles. The van der Waals surface area contributed by atoms with Crippen LogP contribution in [0.3, 0.4) is 0 Å². The zero-order valence-corrected chi connectivity index (χ0v) is 19.1. The molecule has 0 atom stereocenters. The predicted molar refractivity (Wildman–Crippen MR) is 121 cm³/mol. The molecule has 30 heavy (non-hydrogen) atoms. The van der Waals surface area contributed by atoms with E-state index >= 15 is 0 Å². The van der Waals surface area contributed by atoms with Gasteiger partial charge in [0.1, 0.15) is 18.1 Å². The quantitative estimate of drug-likeness (QED) is 0.393. The maximum Gasteiger partial charge on any atom is 0.232 e. The highest BCUT2D eigenvalue weighted by Gasteiger charge is 2.18. The number of amides is 1. The maximum absolute atomic E-state index is 12.2. The van der Waals surface area contributed by atoms with Crippen molar-refractivity contribution in [1.82, 2.24) is 5.32 Å². The van der Waals surface area contributed by atoms with Gasteiger partial charge >= 0.3 is 0 Å². The number of sulfonamides is 1. The summed E-state index contributed by atoms with van der Waals surface area (Å²) in [7, 11) is -1.85. The third-order valence-electron chi connectivity index (χ3n) is 4.24. The van der Waals surface area contributed by atoms with Gasteiger partial charge in [0.2, 0.25) is 15.9 Å². The van der Waals surface area contributed by atoms with Gasteiger partial charge in [0, 0.05) is 23.9 Å². The van der Waals surface area contributed by atoms with E-state index in [-0.39, 0.29) is 18.9 Å². The first-order valence-electron chi connectivity index (χ1n) is 9.49. The number of benzene rings is 2. The Balaban J connectivity index is 1.77. The molecule has 0 aliphatic carbocycles. The fourth-order valence-corrected chi connectivity index (χ4v) is 4.18. The monoisotopic (exact) mass is 452 g/mol. The molecule has 0 aromatic heterocycles. The number of nitrogens with zero attached hydrogens (tertiary/aromatic N) is 1. The van der Waals surface area contributed by atoms with Gasteiger partial charge in [-0.2, -0.15) is 0 Å². The largest absolute Gasteiger partial charge is 0.497 e. The van der Waals surface area contributed by atoms with Crippen molar-refractivity contribution in [2.24, 2.45) is 0 Å². The minimum Gasteiger partial charge on any atom is -0.497 e. The number of methoxy groups -OCH3 is 1. The molecule has 0 radical (unpaired) electrons. The molecule has 1 N–H and O–H groups in total. The van der Waals surface area contributed by atoms with Gasteiger partial charge in [-0.1, -0.05) is 12.1 Å². The Morgan fingerprint density at radius 3 is 2.57 bits per heavy atom. The summed E-state index contributed by atoms with van der Waals surface area (Å²) in [5.41, 5.74) is 0.608. The van der Waals surface area contributed by atoms with Crippen LogP contribution in [0, 0.1) is 0 Å². The first-order valence-corrected chi connectivity index (χ1v) is 12.6. The summed E-state index contributed by atoms with van der Waals surface area (Å²) >= 11 is 1.55. The molecule has 0 aliphatic heterocycles. The van der Waals surface area contributed by atoms with Crippen molar-refractivity contribution in [2.75, 3.05) is 43.6 Å². The molecular formula is C21H28N2O5S2. The van der Waals surface area contributed by atoms with Crippen LogP contribution in [0.1, 0.15) is 12.8 Å². The van der Waals surface area contributed by atoms with Gasteiger partial charge in [-0.05, 0) is 43.0 Å². The summed E-state index contributed by atoms with van der Waals surface area (Å²) in [6.45, 7) is 0.932. The highest BCUT2D eigenvalue weighted by atomic mass is 32.2. The lowest BCUT2D eigenvalue weighted by atomic mass is 10.2. The van der Waals surface area contributed by atoms with Gasteiger partial charge in [-0.25, -0.2) is 8.42 Å². The van der Waals surface area contributed by atoms with Crippen LogP contribution in [0.4, 0.5) is 5.69 Å². The van der Waals surface area contributed by atoms with E-state index in [0.717, 1.165) is 4.90 Å². The van der Waals surface area contributed by atoms with E-state index in [4.69, 9.17) is 9.47 Å². The molecule has 0 fully saturated rings. The van der Waals surface area contributed by atoms with E-state index in [9.17, 15) is 13.2 Å². The second-order valence-electron chi connectivity index (χ2n) is 6.52. The number of hydrogen-bond donors (Lipinski definition) is 1. The Labute approximate surface area is 182 Å². The molecule has 9 heteroatoms. The Morgan fingerprint density at radius 2 is 1.87 bits per heavy atom. The Bertz CT molecular complexity index is 934. The van der Waals surface area contributed by atoms with E-state index in [2.05, 4.69) is 5.32 Å². The summed E-state index contributed by atoms with van der Waals surface area (Å²) in [4.78, 5) is 13.0. The molecule has 0 spiro atoms. The third kappa shape index (κ3) is 7.79. The van der Waals surface area contributed by atoms with Gasteiger partial charge in [0.15, 0.2) is 0 Å².